The van der Waals surface area contributed by atoms with Gasteiger partial charge in [-0.15, -0.1) is 11.3 Å². The lowest BCUT2D eigenvalue weighted by molar-refractivity contribution is -0.158. The van der Waals surface area contributed by atoms with E-state index in [0.29, 0.717) is 11.5 Å². The maximum Gasteiger partial charge on any atom is 0.344 e. The number of carbonyl (C=O) groups excluding carboxylic acids is 2. The molecule has 0 saturated carbocycles. The third-order valence-electron chi connectivity index (χ3n) is 8.07. The average Bonchev–Trinajstić information content (AvgIpc) is 3.47. The minimum atomic E-state index is -0.603. The Morgan fingerprint density at radius 3 is 1.61 bits per heavy atom. The molecular formula is C41H38O7S. The first kappa shape index (κ1) is 32.5. The zero-order valence-corrected chi connectivity index (χ0v) is 29.2. The third-order valence-corrected chi connectivity index (χ3v) is 9.25. The van der Waals surface area contributed by atoms with Gasteiger partial charge in [0, 0.05) is 20.7 Å². The van der Waals surface area contributed by atoms with Crippen molar-refractivity contribution in [2.24, 2.45) is 0 Å². The molecule has 7 rings (SSSR count). The van der Waals surface area contributed by atoms with Crippen LogP contribution in [-0.2, 0) is 19.1 Å². The molecule has 1 aliphatic heterocycles. The van der Waals surface area contributed by atoms with E-state index in [1.807, 2.05) is 102 Å². The Hall–Kier alpha value is -5.08. The van der Waals surface area contributed by atoms with Gasteiger partial charge in [-0.3, -0.25) is 0 Å². The zero-order valence-electron chi connectivity index (χ0n) is 28.4. The zero-order chi connectivity index (χ0) is 34.5. The fourth-order valence-electron chi connectivity index (χ4n) is 6.28. The molecule has 6 aromatic rings. The van der Waals surface area contributed by atoms with Crippen LogP contribution in [0, 0.1) is 0 Å². The van der Waals surface area contributed by atoms with Gasteiger partial charge in [-0.25, -0.2) is 9.59 Å². The molecule has 0 atom stereocenters. The molecule has 0 aliphatic carbocycles. The van der Waals surface area contributed by atoms with Gasteiger partial charge >= 0.3 is 11.9 Å². The molecule has 8 heteroatoms. The monoisotopic (exact) mass is 674 g/mol. The van der Waals surface area contributed by atoms with Gasteiger partial charge in [0.1, 0.15) is 34.2 Å². The third kappa shape index (κ3) is 6.92. The van der Waals surface area contributed by atoms with Crippen LogP contribution in [0.1, 0.15) is 63.5 Å². The van der Waals surface area contributed by atoms with Gasteiger partial charge in [0.2, 0.25) is 0 Å². The molecule has 2 heterocycles. The van der Waals surface area contributed by atoms with Crippen molar-refractivity contribution in [1.82, 2.24) is 0 Å². The van der Waals surface area contributed by atoms with Crippen LogP contribution in [0.5, 0.6) is 23.0 Å². The number of hydrogen-bond acceptors (Lipinski definition) is 8. The molecule has 0 fully saturated rings. The highest BCUT2D eigenvalue weighted by atomic mass is 32.1. The highest BCUT2D eigenvalue weighted by Crippen LogP contribution is 2.54. The van der Waals surface area contributed by atoms with Gasteiger partial charge in [0.05, 0.1) is 5.92 Å². The Labute approximate surface area is 289 Å². The van der Waals surface area contributed by atoms with E-state index in [1.165, 1.54) is 10.1 Å². The Balaban J connectivity index is 1.36. The van der Waals surface area contributed by atoms with Gasteiger partial charge in [-0.2, -0.15) is 0 Å². The van der Waals surface area contributed by atoms with Crippen LogP contribution in [0.25, 0.3) is 31.6 Å². The maximum atomic E-state index is 12.5. The SMILES string of the molecule is CC(C)(C)OC(=O)COc1ccc2ccc3c(c2c1)C(c1cc2ccccc2s1)c1c(ccc2ccc(OCC(=O)OC(C)(C)C)cc12)O3. The van der Waals surface area contributed by atoms with Crippen molar-refractivity contribution in [2.45, 2.75) is 58.7 Å². The van der Waals surface area contributed by atoms with Gasteiger partial charge in [0.25, 0.3) is 0 Å². The van der Waals surface area contributed by atoms with Crippen LogP contribution in [-0.4, -0.2) is 36.4 Å². The highest BCUT2D eigenvalue weighted by molar-refractivity contribution is 7.19. The molecule has 1 aromatic heterocycles. The van der Waals surface area contributed by atoms with E-state index in [0.717, 1.165) is 49.0 Å². The van der Waals surface area contributed by atoms with Gasteiger partial charge in [-0.1, -0.05) is 42.5 Å². The second-order valence-electron chi connectivity index (χ2n) is 14.2. The number of benzene rings is 5. The summed E-state index contributed by atoms with van der Waals surface area (Å²) in [5.41, 5.74) is 0.807. The molecular weight excluding hydrogens is 637 g/mol. The number of hydrogen-bond donors (Lipinski definition) is 0. The summed E-state index contributed by atoms with van der Waals surface area (Å²) >= 11 is 1.75. The lowest BCUT2D eigenvalue weighted by Crippen LogP contribution is -2.27. The quantitative estimate of drug-likeness (QED) is 0.156. The molecule has 0 bridgehead atoms. The number of thiophene rings is 1. The van der Waals surface area contributed by atoms with Gasteiger partial charge in [0.15, 0.2) is 13.2 Å². The van der Waals surface area contributed by atoms with Crippen molar-refractivity contribution in [1.29, 1.82) is 0 Å². The normalized spacial score (nSPS) is 13.1. The van der Waals surface area contributed by atoms with E-state index in [4.69, 9.17) is 23.7 Å². The van der Waals surface area contributed by atoms with E-state index in [2.05, 4.69) is 30.3 Å². The molecule has 49 heavy (non-hydrogen) atoms. The summed E-state index contributed by atoms with van der Waals surface area (Å²) in [6.45, 7) is 10.6. The number of rotatable bonds is 7. The van der Waals surface area contributed by atoms with E-state index in [1.54, 1.807) is 11.3 Å². The summed E-state index contributed by atoms with van der Waals surface area (Å²) < 4.78 is 30.7. The number of carbonyl (C=O) groups is 2. The smallest absolute Gasteiger partial charge is 0.344 e. The topological polar surface area (TPSA) is 80.3 Å². The number of fused-ring (bicyclic) bond motifs is 7. The first-order valence-electron chi connectivity index (χ1n) is 16.3. The summed E-state index contributed by atoms with van der Waals surface area (Å²) in [7, 11) is 0. The molecule has 0 N–H and O–H groups in total. The van der Waals surface area contributed by atoms with Crippen molar-refractivity contribution >= 4 is 54.9 Å². The minimum Gasteiger partial charge on any atom is -0.482 e. The number of esters is 2. The Morgan fingerprint density at radius 1 is 0.633 bits per heavy atom. The first-order chi connectivity index (χ1) is 23.3. The molecule has 0 spiro atoms. The molecule has 1 aliphatic rings. The summed E-state index contributed by atoms with van der Waals surface area (Å²) in [6.07, 6.45) is 0. The Bertz CT molecular complexity index is 2080. The molecule has 5 aromatic carbocycles. The highest BCUT2D eigenvalue weighted by Gasteiger charge is 2.34. The minimum absolute atomic E-state index is 0.201. The van der Waals surface area contributed by atoms with Crippen LogP contribution >= 0.6 is 11.3 Å². The van der Waals surface area contributed by atoms with Gasteiger partial charge in [-0.05, 0) is 117 Å². The van der Waals surface area contributed by atoms with Gasteiger partial charge < -0.3 is 23.7 Å². The van der Waals surface area contributed by atoms with E-state index in [-0.39, 0.29) is 19.1 Å². The molecule has 0 amide bonds. The van der Waals surface area contributed by atoms with E-state index in [9.17, 15) is 9.59 Å². The second-order valence-corrected chi connectivity index (χ2v) is 15.3. The summed E-state index contributed by atoms with van der Waals surface area (Å²) in [6, 6.07) is 30.5. The first-order valence-corrected chi connectivity index (χ1v) is 17.1. The van der Waals surface area contributed by atoms with Crippen LogP contribution < -0.4 is 14.2 Å². The van der Waals surface area contributed by atoms with Crippen molar-refractivity contribution in [3.05, 3.63) is 107 Å². The average molecular weight is 675 g/mol. The van der Waals surface area contributed by atoms with Crippen LogP contribution in [0.15, 0.2) is 91.0 Å². The molecule has 0 saturated heterocycles. The van der Waals surface area contributed by atoms with Crippen LogP contribution in [0.4, 0.5) is 0 Å². The fourth-order valence-corrected chi connectivity index (χ4v) is 7.46. The molecule has 7 nitrogen and oxygen atoms in total. The molecule has 0 unspecified atom stereocenters. The lowest BCUT2D eigenvalue weighted by Gasteiger charge is -2.30. The largest absolute Gasteiger partial charge is 0.482 e. The van der Waals surface area contributed by atoms with Crippen LogP contribution in [0.2, 0.25) is 0 Å². The predicted octanol–water partition coefficient (Wildman–Crippen LogP) is 9.93. The molecule has 0 radical (unpaired) electrons. The van der Waals surface area contributed by atoms with Crippen molar-refractivity contribution in [3.8, 4) is 23.0 Å². The second kappa shape index (κ2) is 12.4. The van der Waals surface area contributed by atoms with E-state index < -0.39 is 23.1 Å². The standard InChI is InChI=1S/C41H38O7S/c1-40(2,3)47-35(42)22-44-27-15-11-24-13-17-31-37(29(24)20-27)39(34-19-26-9-7-8-10-33(26)49-34)38-30-21-28(45-23-36(43)48-41(4,5)6)16-12-25(30)14-18-32(38)46-31/h7-21,39H,22-23H2,1-6H3. The van der Waals surface area contributed by atoms with Crippen molar-refractivity contribution < 1.29 is 33.3 Å². The maximum absolute atomic E-state index is 12.5. The van der Waals surface area contributed by atoms with Crippen LogP contribution in [0.3, 0.4) is 0 Å². The fraction of sp³-hybridized carbons (Fsp3) is 0.268. The summed E-state index contributed by atoms with van der Waals surface area (Å²) in [5.74, 6) is 1.56. The number of ether oxygens (including phenoxy) is 5. The predicted molar refractivity (Wildman–Crippen MR) is 193 cm³/mol. The Morgan fingerprint density at radius 2 is 1.12 bits per heavy atom. The summed E-state index contributed by atoms with van der Waals surface area (Å²) in [4.78, 5) is 26.1. The lowest BCUT2D eigenvalue weighted by atomic mass is 9.81. The van der Waals surface area contributed by atoms with Crippen molar-refractivity contribution in [3.63, 3.8) is 0 Å². The Kier molecular flexibility index (Phi) is 8.23. The summed E-state index contributed by atoms with van der Waals surface area (Å²) in [5, 5.41) is 5.12. The van der Waals surface area contributed by atoms with E-state index >= 15 is 0 Å². The van der Waals surface area contributed by atoms with Crippen molar-refractivity contribution in [2.75, 3.05) is 13.2 Å². The molecule has 250 valence electrons.